The van der Waals surface area contributed by atoms with Crippen LogP contribution in [-0.4, -0.2) is 30.4 Å². The third-order valence-electron chi connectivity index (χ3n) is 4.60. The van der Waals surface area contributed by atoms with Crippen molar-refractivity contribution < 1.29 is 4.79 Å². The maximum absolute atomic E-state index is 12.7. The second kappa shape index (κ2) is 5.33. The van der Waals surface area contributed by atoms with Gasteiger partial charge in [-0.15, -0.1) is 0 Å². The average molecular weight is 258 g/mol. The van der Waals surface area contributed by atoms with Crippen LogP contribution in [0, 0.1) is 5.92 Å². The summed E-state index contributed by atoms with van der Waals surface area (Å²) in [6.07, 6.45) is 4.31. The minimum Gasteiger partial charge on any atom is -0.342 e. The van der Waals surface area contributed by atoms with Gasteiger partial charge < -0.3 is 10.6 Å². The molecule has 0 bridgehead atoms. The van der Waals surface area contributed by atoms with Gasteiger partial charge in [-0.1, -0.05) is 24.3 Å². The van der Waals surface area contributed by atoms with E-state index >= 15 is 0 Å². The molecule has 1 aromatic carbocycles. The van der Waals surface area contributed by atoms with E-state index in [2.05, 4.69) is 24.3 Å². The molecule has 0 spiro atoms. The lowest BCUT2D eigenvalue weighted by atomic mass is 9.82. The number of aryl methyl sites for hydroxylation is 1. The first-order chi connectivity index (χ1) is 9.29. The lowest BCUT2D eigenvalue weighted by molar-refractivity contribution is -0.132. The topological polar surface area (TPSA) is 46.3 Å². The number of carbonyl (C=O) groups is 1. The zero-order valence-corrected chi connectivity index (χ0v) is 11.3. The molecule has 2 N–H and O–H groups in total. The highest BCUT2D eigenvalue weighted by Gasteiger charge is 2.33. The first-order valence-electron chi connectivity index (χ1n) is 7.36. The molecule has 2 aliphatic rings. The molecule has 0 saturated carbocycles. The van der Waals surface area contributed by atoms with E-state index in [1.807, 2.05) is 4.90 Å². The Morgan fingerprint density at radius 3 is 2.95 bits per heavy atom. The fourth-order valence-electron chi connectivity index (χ4n) is 3.46. The number of rotatable bonds is 2. The summed E-state index contributed by atoms with van der Waals surface area (Å²) in [5.74, 6) is 0.910. The standard InChI is InChI=1S/C16H22N2O/c17-10-12-8-9-18(11-12)16(19)15-7-3-5-13-4-1-2-6-14(13)15/h1-2,4,6,12,15H,3,5,7-11,17H2. The summed E-state index contributed by atoms with van der Waals surface area (Å²) >= 11 is 0. The average Bonchev–Trinajstić information content (AvgIpc) is 2.95. The highest BCUT2D eigenvalue weighted by molar-refractivity contribution is 5.84. The van der Waals surface area contributed by atoms with E-state index < -0.39 is 0 Å². The van der Waals surface area contributed by atoms with E-state index in [-0.39, 0.29) is 5.92 Å². The summed E-state index contributed by atoms with van der Waals surface area (Å²) < 4.78 is 0. The molecule has 1 amide bonds. The van der Waals surface area contributed by atoms with Crippen LogP contribution in [-0.2, 0) is 11.2 Å². The van der Waals surface area contributed by atoms with E-state index in [0.717, 1.165) is 38.8 Å². The Morgan fingerprint density at radius 1 is 1.32 bits per heavy atom. The van der Waals surface area contributed by atoms with Gasteiger partial charge in [0.05, 0.1) is 5.92 Å². The summed E-state index contributed by atoms with van der Waals surface area (Å²) in [4.78, 5) is 14.7. The SMILES string of the molecule is NCC1CCN(C(=O)C2CCCc3ccccc32)C1. The van der Waals surface area contributed by atoms with Crippen molar-refractivity contribution in [2.75, 3.05) is 19.6 Å². The maximum atomic E-state index is 12.7. The van der Waals surface area contributed by atoms with Crippen LogP contribution in [0.15, 0.2) is 24.3 Å². The zero-order valence-electron chi connectivity index (χ0n) is 11.3. The molecule has 19 heavy (non-hydrogen) atoms. The third-order valence-corrected chi connectivity index (χ3v) is 4.60. The zero-order chi connectivity index (χ0) is 13.2. The number of carbonyl (C=O) groups excluding carboxylic acids is 1. The second-order valence-electron chi connectivity index (χ2n) is 5.82. The van der Waals surface area contributed by atoms with E-state index in [0.29, 0.717) is 18.4 Å². The van der Waals surface area contributed by atoms with Crippen LogP contribution in [0.4, 0.5) is 0 Å². The van der Waals surface area contributed by atoms with Crippen molar-refractivity contribution >= 4 is 5.91 Å². The van der Waals surface area contributed by atoms with E-state index in [4.69, 9.17) is 5.73 Å². The lowest BCUT2D eigenvalue weighted by Gasteiger charge is -2.28. The van der Waals surface area contributed by atoms with Crippen LogP contribution in [0.1, 0.15) is 36.3 Å². The van der Waals surface area contributed by atoms with Crippen LogP contribution < -0.4 is 5.73 Å². The van der Waals surface area contributed by atoms with E-state index in [1.54, 1.807) is 0 Å². The van der Waals surface area contributed by atoms with Crippen molar-refractivity contribution in [2.45, 2.75) is 31.6 Å². The Balaban J connectivity index is 1.78. The van der Waals surface area contributed by atoms with Gasteiger partial charge in [-0.05, 0) is 49.3 Å². The number of fused-ring (bicyclic) bond motifs is 1. The Hall–Kier alpha value is -1.35. The highest BCUT2D eigenvalue weighted by atomic mass is 16.2. The number of likely N-dealkylation sites (tertiary alicyclic amines) is 1. The summed E-state index contributed by atoms with van der Waals surface area (Å²) in [6.45, 7) is 2.44. The maximum Gasteiger partial charge on any atom is 0.230 e. The molecular formula is C16H22N2O. The molecule has 0 radical (unpaired) electrons. The van der Waals surface area contributed by atoms with Gasteiger partial charge in [-0.3, -0.25) is 4.79 Å². The monoisotopic (exact) mass is 258 g/mol. The molecule has 1 aromatic rings. The molecule has 1 saturated heterocycles. The summed E-state index contributed by atoms with van der Waals surface area (Å²) in [5.41, 5.74) is 8.34. The summed E-state index contributed by atoms with van der Waals surface area (Å²) in [7, 11) is 0. The second-order valence-corrected chi connectivity index (χ2v) is 5.82. The van der Waals surface area contributed by atoms with Gasteiger partial charge in [0.15, 0.2) is 0 Å². The summed E-state index contributed by atoms with van der Waals surface area (Å²) in [5, 5.41) is 0. The van der Waals surface area contributed by atoms with Gasteiger partial charge in [0, 0.05) is 13.1 Å². The van der Waals surface area contributed by atoms with Crippen LogP contribution in [0.3, 0.4) is 0 Å². The predicted molar refractivity (Wildman–Crippen MR) is 75.9 cm³/mol. The quantitative estimate of drug-likeness (QED) is 0.881. The highest BCUT2D eigenvalue weighted by Crippen LogP contribution is 2.34. The van der Waals surface area contributed by atoms with Crippen molar-refractivity contribution in [1.29, 1.82) is 0 Å². The Kier molecular flexibility index (Phi) is 3.56. The van der Waals surface area contributed by atoms with Gasteiger partial charge in [-0.2, -0.15) is 0 Å². The van der Waals surface area contributed by atoms with Crippen LogP contribution in [0.5, 0.6) is 0 Å². The van der Waals surface area contributed by atoms with E-state index in [1.165, 1.54) is 11.1 Å². The first-order valence-corrected chi connectivity index (χ1v) is 7.36. The number of hydrogen-bond acceptors (Lipinski definition) is 2. The van der Waals surface area contributed by atoms with Gasteiger partial charge >= 0.3 is 0 Å². The molecule has 3 nitrogen and oxygen atoms in total. The molecule has 3 heteroatoms. The molecule has 3 rings (SSSR count). The van der Waals surface area contributed by atoms with Crippen LogP contribution >= 0.6 is 0 Å². The molecule has 2 unspecified atom stereocenters. The third kappa shape index (κ3) is 2.39. The largest absolute Gasteiger partial charge is 0.342 e. The predicted octanol–water partition coefficient (Wildman–Crippen LogP) is 1.91. The summed E-state index contributed by atoms with van der Waals surface area (Å²) in [6, 6.07) is 8.43. The van der Waals surface area contributed by atoms with Crippen molar-refractivity contribution in [3.8, 4) is 0 Å². The molecule has 2 atom stereocenters. The number of nitrogens with zero attached hydrogens (tertiary/aromatic N) is 1. The Morgan fingerprint density at radius 2 is 2.16 bits per heavy atom. The lowest BCUT2D eigenvalue weighted by Crippen LogP contribution is -2.35. The number of hydrogen-bond donors (Lipinski definition) is 1. The number of benzene rings is 1. The smallest absolute Gasteiger partial charge is 0.230 e. The van der Waals surface area contributed by atoms with Crippen molar-refractivity contribution in [3.63, 3.8) is 0 Å². The van der Waals surface area contributed by atoms with Gasteiger partial charge in [0.1, 0.15) is 0 Å². The van der Waals surface area contributed by atoms with Crippen molar-refractivity contribution in [3.05, 3.63) is 35.4 Å². The van der Waals surface area contributed by atoms with Crippen molar-refractivity contribution in [1.82, 2.24) is 4.90 Å². The first kappa shape index (κ1) is 12.7. The van der Waals surface area contributed by atoms with E-state index in [9.17, 15) is 4.79 Å². The van der Waals surface area contributed by atoms with Crippen molar-refractivity contribution in [2.24, 2.45) is 11.7 Å². The van der Waals surface area contributed by atoms with Gasteiger partial charge in [0.2, 0.25) is 5.91 Å². The molecule has 1 fully saturated rings. The molecular weight excluding hydrogens is 236 g/mol. The molecule has 1 heterocycles. The molecule has 102 valence electrons. The van der Waals surface area contributed by atoms with Gasteiger partial charge in [-0.25, -0.2) is 0 Å². The van der Waals surface area contributed by atoms with Crippen LogP contribution in [0.2, 0.25) is 0 Å². The van der Waals surface area contributed by atoms with Crippen LogP contribution in [0.25, 0.3) is 0 Å². The van der Waals surface area contributed by atoms with Gasteiger partial charge in [0.25, 0.3) is 0 Å². The molecule has 1 aliphatic heterocycles. The normalized spacial score (nSPS) is 26.3. The fourth-order valence-corrected chi connectivity index (χ4v) is 3.46. The fraction of sp³-hybridized carbons (Fsp3) is 0.562. The number of nitrogens with two attached hydrogens (primary N) is 1. The minimum absolute atomic E-state index is 0.0847. The number of amides is 1. The molecule has 0 aromatic heterocycles. The Bertz CT molecular complexity index is 472. The molecule has 1 aliphatic carbocycles. The Labute approximate surface area is 114 Å². The minimum atomic E-state index is 0.0847.